The normalized spacial score (nSPS) is 21.5. The molecule has 2 nitrogen and oxygen atoms in total. The van der Waals surface area contributed by atoms with Gasteiger partial charge in [-0.15, -0.1) is 0 Å². The first-order valence-electron chi connectivity index (χ1n) is 19.8. The molecule has 3 aliphatic heterocycles. The highest BCUT2D eigenvalue weighted by molar-refractivity contribution is 7.00. The molecule has 4 aliphatic rings. The Labute approximate surface area is 313 Å². The third-order valence-corrected chi connectivity index (χ3v) is 13.8. The van der Waals surface area contributed by atoms with Crippen molar-refractivity contribution >= 4 is 51.5 Å². The Morgan fingerprint density at radius 1 is 0.615 bits per heavy atom. The number of nitrogens with zero attached hydrogens (tertiary/aromatic N) is 2. The summed E-state index contributed by atoms with van der Waals surface area (Å²) in [7, 11) is 0. The molecule has 0 saturated heterocycles. The Hall–Kier alpha value is -4.24. The lowest BCUT2D eigenvalue weighted by Crippen LogP contribution is -2.65. The Morgan fingerprint density at radius 3 is 1.98 bits per heavy atom. The van der Waals surface area contributed by atoms with Crippen LogP contribution < -0.4 is 26.2 Å². The van der Waals surface area contributed by atoms with E-state index >= 15 is 0 Å². The van der Waals surface area contributed by atoms with Gasteiger partial charge in [0.25, 0.3) is 6.71 Å². The fourth-order valence-electron chi connectivity index (χ4n) is 10.9. The van der Waals surface area contributed by atoms with E-state index < -0.39 is 0 Å². The smallest absolute Gasteiger partial charge is 0.252 e. The highest BCUT2D eigenvalue weighted by Gasteiger charge is 2.62. The molecule has 2 atom stereocenters. The predicted octanol–water partition coefficient (Wildman–Crippen LogP) is 11.2. The summed E-state index contributed by atoms with van der Waals surface area (Å²) < 4.78 is 0. The second-order valence-electron chi connectivity index (χ2n) is 19.2. The summed E-state index contributed by atoms with van der Waals surface area (Å²) in [4.78, 5) is 5.54. The molecule has 9 rings (SSSR count). The molecule has 3 heterocycles. The average molecular weight is 683 g/mol. The molecule has 0 amide bonds. The SMILES string of the molecule is Cc1cc2c3c(c1)N1c4c(c(C)cc(C)c4C4(C)CCCCC14C)B3c1ccc(C(C)(C)C)cc1N2c1ccc(C(C)(C)C)cc1-c1ccccc1. The minimum atomic E-state index is 0.0121. The van der Waals surface area contributed by atoms with E-state index in [0.29, 0.717) is 0 Å². The number of benzene rings is 5. The van der Waals surface area contributed by atoms with Crippen molar-refractivity contribution in [3.8, 4) is 11.1 Å². The van der Waals surface area contributed by atoms with Gasteiger partial charge in [0.2, 0.25) is 0 Å². The van der Waals surface area contributed by atoms with E-state index in [-0.39, 0.29) is 28.5 Å². The van der Waals surface area contributed by atoms with Crippen LogP contribution in [0.15, 0.2) is 84.9 Å². The van der Waals surface area contributed by atoms with Crippen molar-refractivity contribution in [2.75, 3.05) is 9.80 Å². The highest BCUT2D eigenvalue weighted by Crippen LogP contribution is 2.63. The van der Waals surface area contributed by atoms with E-state index in [4.69, 9.17) is 0 Å². The molecule has 5 aromatic carbocycles. The zero-order valence-electron chi connectivity index (χ0n) is 33.4. The number of hydrogen-bond donors (Lipinski definition) is 0. The number of anilines is 5. The molecule has 5 aromatic rings. The van der Waals surface area contributed by atoms with Crippen LogP contribution in [-0.4, -0.2) is 12.3 Å². The van der Waals surface area contributed by atoms with Gasteiger partial charge in [0.1, 0.15) is 0 Å². The summed E-state index contributed by atoms with van der Waals surface area (Å²) in [5.74, 6) is 0. The molecule has 264 valence electrons. The first-order valence-corrected chi connectivity index (χ1v) is 19.8. The van der Waals surface area contributed by atoms with Crippen LogP contribution in [0.2, 0.25) is 0 Å². The Balaban J connectivity index is 1.42. The van der Waals surface area contributed by atoms with Crippen LogP contribution in [0, 0.1) is 20.8 Å². The molecule has 0 bridgehead atoms. The van der Waals surface area contributed by atoms with Gasteiger partial charge in [-0.3, -0.25) is 0 Å². The van der Waals surface area contributed by atoms with Crippen LogP contribution >= 0.6 is 0 Å². The second-order valence-corrected chi connectivity index (χ2v) is 19.2. The quantitative estimate of drug-likeness (QED) is 0.168. The van der Waals surface area contributed by atoms with Gasteiger partial charge in [0.15, 0.2) is 0 Å². The Kier molecular flexibility index (Phi) is 7.05. The standard InChI is InChI=1S/C49H55BN2/c1-30-25-40-44-41(26-30)52-45-42(48(10)23-15-16-24-49(48,52)11)31(2)27-32(3)43(45)50(44)37-21-19-35(47(7,8)9)29-39(37)51(40)38-22-20-34(46(4,5)6)28-36(38)33-17-13-12-14-18-33/h12-14,17-22,25-29H,15-16,23-24H2,1-11H3. The monoisotopic (exact) mass is 682 g/mol. The van der Waals surface area contributed by atoms with E-state index in [1.165, 1.54) is 109 Å². The highest BCUT2D eigenvalue weighted by atomic mass is 15.3. The Bertz CT molecular complexity index is 2300. The molecule has 2 unspecified atom stereocenters. The number of aryl methyl sites for hydroxylation is 3. The zero-order chi connectivity index (χ0) is 36.7. The summed E-state index contributed by atoms with van der Waals surface area (Å²) in [6.07, 6.45) is 5.04. The van der Waals surface area contributed by atoms with Crippen LogP contribution in [0.4, 0.5) is 28.4 Å². The van der Waals surface area contributed by atoms with Gasteiger partial charge < -0.3 is 9.80 Å². The first-order chi connectivity index (χ1) is 24.5. The van der Waals surface area contributed by atoms with Crippen LogP contribution in [0.5, 0.6) is 0 Å². The van der Waals surface area contributed by atoms with Crippen molar-refractivity contribution in [3.05, 3.63) is 118 Å². The maximum Gasteiger partial charge on any atom is 0.252 e. The molecule has 0 radical (unpaired) electrons. The van der Waals surface area contributed by atoms with Gasteiger partial charge in [-0.05, 0) is 131 Å². The molecule has 52 heavy (non-hydrogen) atoms. The maximum atomic E-state index is 2.88. The van der Waals surface area contributed by atoms with Crippen LogP contribution in [0.1, 0.15) is 114 Å². The Morgan fingerprint density at radius 2 is 1.27 bits per heavy atom. The molecule has 1 aliphatic carbocycles. The van der Waals surface area contributed by atoms with E-state index in [9.17, 15) is 0 Å². The topological polar surface area (TPSA) is 6.48 Å². The number of fused-ring (bicyclic) bond motifs is 7. The van der Waals surface area contributed by atoms with Crippen molar-refractivity contribution in [2.45, 2.75) is 124 Å². The van der Waals surface area contributed by atoms with Crippen LogP contribution in [0.3, 0.4) is 0 Å². The van der Waals surface area contributed by atoms with Crippen LogP contribution in [0.25, 0.3) is 11.1 Å². The van der Waals surface area contributed by atoms with Gasteiger partial charge in [0, 0.05) is 33.7 Å². The molecule has 0 N–H and O–H groups in total. The summed E-state index contributed by atoms with van der Waals surface area (Å²) in [6, 6.07) is 33.4. The third kappa shape index (κ3) is 4.44. The van der Waals surface area contributed by atoms with E-state index in [1.807, 2.05) is 0 Å². The predicted molar refractivity (Wildman–Crippen MR) is 226 cm³/mol. The van der Waals surface area contributed by atoms with Crippen molar-refractivity contribution < 1.29 is 0 Å². The van der Waals surface area contributed by atoms with Gasteiger partial charge in [-0.25, -0.2) is 0 Å². The third-order valence-electron chi connectivity index (χ3n) is 13.8. The van der Waals surface area contributed by atoms with Crippen LogP contribution in [-0.2, 0) is 16.2 Å². The molecule has 3 heteroatoms. The summed E-state index contributed by atoms with van der Waals surface area (Å²) in [5, 5.41) is 0. The van der Waals surface area contributed by atoms with Crippen molar-refractivity contribution in [1.82, 2.24) is 0 Å². The molecule has 0 spiro atoms. The minimum Gasteiger partial charge on any atom is -0.335 e. The number of rotatable bonds is 2. The first kappa shape index (κ1) is 33.6. The van der Waals surface area contributed by atoms with E-state index in [0.717, 1.165) is 0 Å². The van der Waals surface area contributed by atoms with Gasteiger partial charge >= 0.3 is 0 Å². The second kappa shape index (κ2) is 10.9. The lowest BCUT2D eigenvalue weighted by molar-refractivity contribution is 0.194. The zero-order valence-corrected chi connectivity index (χ0v) is 33.4. The van der Waals surface area contributed by atoms with E-state index in [2.05, 4.69) is 171 Å². The molecule has 1 fully saturated rings. The maximum absolute atomic E-state index is 2.88. The largest absolute Gasteiger partial charge is 0.335 e. The minimum absolute atomic E-state index is 0.0121. The van der Waals surface area contributed by atoms with Crippen molar-refractivity contribution in [2.24, 2.45) is 0 Å². The molecule has 0 aromatic heterocycles. The summed E-state index contributed by atoms with van der Waals surface area (Å²) >= 11 is 0. The lowest BCUT2D eigenvalue weighted by atomic mass is 9.32. The van der Waals surface area contributed by atoms with Crippen molar-refractivity contribution in [1.29, 1.82) is 0 Å². The fraction of sp³-hybridized carbons (Fsp3) is 0.388. The molecular weight excluding hydrogens is 627 g/mol. The van der Waals surface area contributed by atoms with Gasteiger partial charge in [0.05, 0.1) is 11.2 Å². The average Bonchev–Trinajstić information content (AvgIpc) is 3.31. The summed E-state index contributed by atoms with van der Waals surface area (Å²) in [6.45, 7) is 26.5. The summed E-state index contributed by atoms with van der Waals surface area (Å²) in [5.41, 5.74) is 22.5. The molecular formula is C49H55BN2. The van der Waals surface area contributed by atoms with Crippen molar-refractivity contribution in [3.63, 3.8) is 0 Å². The van der Waals surface area contributed by atoms with E-state index in [1.54, 1.807) is 5.56 Å². The number of hydrogen-bond acceptors (Lipinski definition) is 2. The lowest BCUT2D eigenvalue weighted by Gasteiger charge is -2.53. The molecule has 1 saturated carbocycles. The fourth-order valence-corrected chi connectivity index (χ4v) is 10.9. The van der Waals surface area contributed by atoms with Gasteiger partial charge in [-0.2, -0.15) is 0 Å². The van der Waals surface area contributed by atoms with Gasteiger partial charge in [-0.1, -0.05) is 121 Å².